The summed E-state index contributed by atoms with van der Waals surface area (Å²) in [6.45, 7) is 4.53. The molecular weight excluding hydrogens is 356 g/mol. The van der Waals surface area contributed by atoms with E-state index in [2.05, 4.69) is 9.97 Å². The molecule has 144 valence electrons. The van der Waals surface area contributed by atoms with E-state index in [1.54, 1.807) is 25.9 Å². The number of carbonyl (C=O) groups excluding carboxylic acids is 1. The highest BCUT2D eigenvalue weighted by Gasteiger charge is 2.27. The number of benzene rings is 1. The van der Waals surface area contributed by atoms with E-state index in [4.69, 9.17) is 9.72 Å². The molecule has 0 radical (unpaired) electrons. The van der Waals surface area contributed by atoms with Gasteiger partial charge in [-0.25, -0.2) is 4.98 Å². The summed E-state index contributed by atoms with van der Waals surface area (Å²) in [5.74, 6) is 1.27. The molecule has 7 nitrogen and oxygen atoms in total. The van der Waals surface area contributed by atoms with Crippen LogP contribution in [0.15, 0.2) is 35.1 Å². The number of aromatic nitrogens is 3. The van der Waals surface area contributed by atoms with Crippen LogP contribution in [0.2, 0.25) is 0 Å². The molecule has 1 aliphatic rings. The van der Waals surface area contributed by atoms with Crippen molar-refractivity contribution in [3.05, 3.63) is 68.9 Å². The molecule has 0 saturated heterocycles. The van der Waals surface area contributed by atoms with Gasteiger partial charge in [0.05, 0.1) is 25.0 Å². The van der Waals surface area contributed by atoms with Crippen LogP contribution in [-0.4, -0.2) is 39.4 Å². The van der Waals surface area contributed by atoms with Crippen LogP contribution in [0, 0.1) is 13.8 Å². The number of methoxy groups -OCH3 is 1. The van der Waals surface area contributed by atoms with Crippen molar-refractivity contribution < 1.29 is 9.53 Å². The second-order valence-electron chi connectivity index (χ2n) is 7.06. The van der Waals surface area contributed by atoms with E-state index in [9.17, 15) is 9.59 Å². The molecule has 0 fully saturated rings. The zero-order valence-corrected chi connectivity index (χ0v) is 16.1. The number of carbonyl (C=O) groups is 1. The van der Waals surface area contributed by atoms with Gasteiger partial charge in [0.15, 0.2) is 0 Å². The topological polar surface area (TPSA) is 91.1 Å². The van der Waals surface area contributed by atoms with Gasteiger partial charge >= 0.3 is 0 Å². The number of nitrogens with one attached hydrogen (secondary N) is 2. The Kier molecular flexibility index (Phi) is 4.50. The first-order valence-corrected chi connectivity index (χ1v) is 9.18. The maximum Gasteiger partial charge on any atom is 0.261 e. The Balaban J connectivity index is 1.61. The lowest BCUT2D eigenvalue weighted by atomic mass is 10.1. The predicted molar refractivity (Wildman–Crippen MR) is 106 cm³/mol. The number of rotatable bonds is 3. The molecule has 0 aliphatic carbocycles. The van der Waals surface area contributed by atoms with Crippen LogP contribution in [0.1, 0.15) is 33.0 Å². The molecule has 0 atom stereocenters. The minimum atomic E-state index is -0.338. The van der Waals surface area contributed by atoms with E-state index in [0.29, 0.717) is 25.1 Å². The number of ether oxygens (including phenoxy) is 1. The number of pyridine rings is 1. The third kappa shape index (κ3) is 3.19. The Morgan fingerprint density at radius 2 is 2.04 bits per heavy atom. The molecule has 3 aromatic rings. The van der Waals surface area contributed by atoms with E-state index in [-0.39, 0.29) is 17.0 Å². The highest BCUT2D eigenvalue weighted by molar-refractivity contribution is 5.95. The number of aryl methyl sites for hydroxylation is 2. The number of hydrogen-bond donors (Lipinski definition) is 2. The molecule has 3 heterocycles. The summed E-state index contributed by atoms with van der Waals surface area (Å²) < 4.78 is 5.28. The molecule has 0 bridgehead atoms. The zero-order valence-electron chi connectivity index (χ0n) is 16.1. The minimum Gasteiger partial charge on any atom is -0.497 e. The van der Waals surface area contributed by atoms with Gasteiger partial charge in [-0.3, -0.25) is 9.59 Å². The van der Waals surface area contributed by atoms with E-state index in [0.717, 1.165) is 34.2 Å². The SMILES string of the molecule is COc1cccc(-c2nc3c([nH]2)CN(C(=O)c2c(C)cc(C)[nH]c2=O)CC3)c1. The van der Waals surface area contributed by atoms with Gasteiger partial charge in [0.25, 0.3) is 11.5 Å². The number of fused-ring (bicyclic) bond motifs is 1. The summed E-state index contributed by atoms with van der Waals surface area (Å²) in [5.41, 5.74) is 4.10. The lowest BCUT2D eigenvalue weighted by molar-refractivity contribution is 0.0729. The lowest BCUT2D eigenvalue weighted by Crippen LogP contribution is -2.39. The Bertz CT molecular complexity index is 1110. The van der Waals surface area contributed by atoms with Gasteiger partial charge in [-0.1, -0.05) is 12.1 Å². The van der Waals surface area contributed by atoms with Crippen molar-refractivity contribution in [1.29, 1.82) is 0 Å². The van der Waals surface area contributed by atoms with Gasteiger partial charge in [-0.15, -0.1) is 0 Å². The van der Waals surface area contributed by atoms with Gasteiger partial charge in [0.1, 0.15) is 17.1 Å². The average Bonchev–Trinajstić information content (AvgIpc) is 3.10. The molecular formula is C21H22N4O3. The van der Waals surface area contributed by atoms with E-state index >= 15 is 0 Å². The van der Waals surface area contributed by atoms with Crippen LogP contribution < -0.4 is 10.3 Å². The van der Waals surface area contributed by atoms with Crippen molar-refractivity contribution in [2.45, 2.75) is 26.8 Å². The molecule has 0 unspecified atom stereocenters. The Labute approximate surface area is 162 Å². The first-order chi connectivity index (χ1) is 13.5. The molecule has 0 saturated carbocycles. The maximum atomic E-state index is 13.0. The number of H-pyrrole nitrogens is 2. The number of hydrogen-bond acceptors (Lipinski definition) is 4. The fourth-order valence-electron chi connectivity index (χ4n) is 3.65. The smallest absolute Gasteiger partial charge is 0.261 e. The molecule has 2 N–H and O–H groups in total. The molecule has 1 amide bonds. The summed E-state index contributed by atoms with van der Waals surface area (Å²) in [7, 11) is 1.63. The Morgan fingerprint density at radius 1 is 1.21 bits per heavy atom. The van der Waals surface area contributed by atoms with Crippen LogP contribution in [0.3, 0.4) is 0 Å². The summed E-state index contributed by atoms with van der Waals surface area (Å²) in [6.07, 6.45) is 0.643. The number of nitrogens with zero attached hydrogens (tertiary/aromatic N) is 2. The van der Waals surface area contributed by atoms with Crippen molar-refractivity contribution >= 4 is 5.91 Å². The van der Waals surface area contributed by atoms with Crippen LogP contribution in [0.25, 0.3) is 11.4 Å². The zero-order chi connectivity index (χ0) is 19.8. The highest BCUT2D eigenvalue weighted by atomic mass is 16.5. The van der Waals surface area contributed by atoms with Crippen molar-refractivity contribution in [2.24, 2.45) is 0 Å². The van der Waals surface area contributed by atoms with Gasteiger partial charge < -0.3 is 19.6 Å². The number of aromatic amines is 2. The van der Waals surface area contributed by atoms with Crippen molar-refractivity contribution in [2.75, 3.05) is 13.7 Å². The van der Waals surface area contributed by atoms with Crippen LogP contribution in [0.5, 0.6) is 5.75 Å². The fraction of sp³-hybridized carbons (Fsp3) is 0.286. The standard InChI is InChI=1S/C21H22N4O3/c1-12-9-13(2)22-20(26)18(12)21(27)25-8-7-16-17(11-25)24-19(23-16)14-5-4-6-15(10-14)28-3/h4-6,9-10H,7-8,11H2,1-3H3,(H,22,26)(H,23,24). The Hall–Kier alpha value is -3.35. The average molecular weight is 378 g/mol. The van der Waals surface area contributed by atoms with E-state index in [1.165, 1.54) is 0 Å². The molecule has 28 heavy (non-hydrogen) atoms. The van der Waals surface area contributed by atoms with Gasteiger partial charge in [0, 0.05) is 24.2 Å². The van der Waals surface area contributed by atoms with E-state index in [1.807, 2.05) is 30.3 Å². The first-order valence-electron chi connectivity index (χ1n) is 9.18. The van der Waals surface area contributed by atoms with Crippen molar-refractivity contribution in [1.82, 2.24) is 19.9 Å². The Morgan fingerprint density at radius 3 is 2.79 bits per heavy atom. The summed E-state index contributed by atoms with van der Waals surface area (Å²) >= 11 is 0. The molecule has 7 heteroatoms. The molecule has 0 spiro atoms. The second-order valence-corrected chi connectivity index (χ2v) is 7.06. The lowest BCUT2D eigenvalue weighted by Gasteiger charge is -2.26. The second kappa shape index (κ2) is 6.99. The van der Waals surface area contributed by atoms with Crippen LogP contribution in [0.4, 0.5) is 0 Å². The quantitative estimate of drug-likeness (QED) is 0.733. The largest absolute Gasteiger partial charge is 0.497 e. The predicted octanol–water partition coefficient (Wildman–Crippen LogP) is 2.59. The highest BCUT2D eigenvalue weighted by Crippen LogP contribution is 2.26. The van der Waals surface area contributed by atoms with E-state index < -0.39 is 0 Å². The first kappa shape index (κ1) is 18.0. The summed E-state index contributed by atoms with van der Waals surface area (Å²) in [6, 6.07) is 9.50. The minimum absolute atomic E-state index is 0.210. The van der Waals surface area contributed by atoms with Crippen LogP contribution >= 0.6 is 0 Å². The normalized spacial score (nSPS) is 13.3. The fourth-order valence-corrected chi connectivity index (χ4v) is 3.65. The summed E-state index contributed by atoms with van der Waals surface area (Å²) in [5, 5.41) is 0. The van der Waals surface area contributed by atoms with Gasteiger partial charge in [-0.05, 0) is 37.6 Å². The van der Waals surface area contributed by atoms with Crippen molar-refractivity contribution in [3.8, 4) is 17.1 Å². The monoisotopic (exact) mass is 378 g/mol. The third-order valence-corrected chi connectivity index (χ3v) is 5.04. The maximum absolute atomic E-state index is 13.0. The van der Waals surface area contributed by atoms with Gasteiger partial charge in [0.2, 0.25) is 0 Å². The molecule has 1 aliphatic heterocycles. The van der Waals surface area contributed by atoms with Crippen molar-refractivity contribution in [3.63, 3.8) is 0 Å². The third-order valence-electron chi connectivity index (χ3n) is 5.04. The number of imidazole rings is 1. The summed E-state index contributed by atoms with van der Waals surface area (Å²) in [4.78, 5) is 37.7. The number of amides is 1. The van der Waals surface area contributed by atoms with Crippen LogP contribution in [-0.2, 0) is 13.0 Å². The molecule has 2 aromatic heterocycles. The molecule has 4 rings (SSSR count). The molecule has 1 aromatic carbocycles. The van der Waals surface area contributed by atoms with Gasteiger partial charge in [-0.2, -0.15) is 0 Å².